The predicted molar refractivity (Wildman–Crippen MR) is 83.8 cm³/mol. The Morgan fingerprint density at radius 3 is 2.64 bits per heavy atom. The van der Waals surface area contributed by atoms with E-state index < -0.39 is 0 Å². The number of hydrogen-bond donors (Lipinski definition) is 0. The lowest BCUT2D eigenvalue weighted by Gasteiger charge is -2.32. The maximum atomic E-state index is 12.7. The van der Waals surface area contributed by atoms with E-state index in [-0.39, 0.29) is 5.91 Å². The molecule has 2 aromatic heterocycles. The zero-order valence-corrected chi connectivity index (χ0v) is 13.7. The molecular formula is C16H23N5O. The first-order chi connectivity index (χ1) is 10.5. The third-order valence-electron chi connectivity index (χ3n) is 4.35. The van der Waals surface area contributed by atoms with Crippen molar-refractivity contribution in [3.63, 3.8) is 0 Å². The maximum Gasteiger partial charge on any atom is 0.257 e. The van der Waals surface area contributed by atoms with Crippen LogP contribution in [0.1, 0.15) is 46.3 Å². The minimum atomic E-state index is 0.0845. The van der Waals surface area contributed by atoms with Gasteiger partial charge in [0.25, 0.3) is 5.91 Å². The SMILES string of the molecule is Cc1cn(C)c([C@@H]2CCCN(C(=O)c3cn(C)nc3C)C2)n1. The van der Waals surface area contributed by atoms with Crippen molar-refractivity contribution in [3.05, 3.63) is 35.2 Å². The van der Waals surface area contributed by atoms with Crippen LogP contribution in [0.2, 0.25) is 0 Å². The topological polar surface area (TPSA) is 56.0 Å². The molecule has 1 aliphatic rings. The number of piperidine rings is 1. The molecular weight excluding hydrogens is 278 g/mol. The summed E-state index contributed by atoms with van der Waals surface area (Å²) in [6, 6.07) is 0. The van der Waals surface area contributed by atoms with Gasteiger partial charge >= 0.3 is 0 Å². The monoisotopic (exact) mass is 301 g/mol. The average molecular weight is 301 g/mol. The number of carbonyl (C=O) groups is 1. The fourth-order valence-corrected chi connectivity index (χ4v) is 3.37. The van der Waals surface area contributed by atoms with E-state index in [0.29, 0.717) is 11.5 Å². The molecule has 1 aliphatic heterocycles. The smallest absolute Gasteiger partial charge is 0.257 e. The number of nitrogens with zero attached hydrogens (tertiary/aromatic N) is 5. The number of imidazole rings is 1. The van der Waals surface area contributed by atoms with Gasteiger partial charge < -0.3 is 9.47 Å². The first kappa shape index (κ1) is 14.8. The number of rotatable bonds is 2. The van der Waals surface area contributed by atoms with E-state index in [1.165, 1.54) is 0 Å². The van der Waals surface area contributed by atoms with Crippen LogP contribution in [0.5, 0.6) is 0 Å². The molecule has 0 spiro atoms. The summed E-state index contributed by atoms with van der Waals surface area (Å²) in [5.41, 5.74) is 2.53. The Hall–Kier alpha value is -2.11. The highest BCUT2D eigenvalue weighted by atomic mass is 16.2. The summed E-state index contributed by atoms with van der Waals surface area (Å²) in [5, 5.41) is 4.27. The highest BCUT2D eigenvalue weighted by Gasteiger charge is 2.29. The molecule has 0 bridgehead atoms. The number of carbonyl (C=O) groups excluding carboxylic acids is 1. The second-order valence-electron chi connectivity index (χ2n) is 6.24. The first-order valence-electron chi connectivity index (χ1n) is 7.75. The summed E-state index contributed by atoms with van der Waals surface area (Å²) < 4.78 is 3.79. The van der Waals surface area contributed by atoms with Crippen LogP contribution in [0.25, 0.3) is 0 Å². The van der Waals surface area contributed by atoms with E-state index in [2.05, 4.69) is 14.6 Å². The van der Waals surface area contributed by atoms with Crippen molar-refractivity contribution in [2.24, 2.45) is 14.1 Å². The van der Waals surface area contributed by atoms with E-state index in [4.69, 9.17) is 0 Å². The molecule has 1 fully saturated rings. The van der Waals surface area contributed by atoms with Gasteiger partial charge in [0, 0.05) is 45.5 Å². The van der Waals surface area contributed by atoms with E-state index in [9.17, 15) is 4.79 Å². The van der Waals surface area contributed by atoms with E-state index >= 15 is 0 Å². The number of amides is 1. The molecule has 0 radical (unpaired) electrons. The lowest BCUT2D eigenvalue weighted by atomic mass is 9.96. The van der Waals surface area contributed by atoms with Crippen molar-refractivity contribution in [2.45, 2.75) is 32.6 Å². The third-order valence-corrected chi connectivity index (χ3v) is 4.35. The summed E-state index contributed by atoms with van der Waals surface area (Å²) in [4.78, 5) is 19.3. The summed E-state index contributed by atoms with van der Waals surface area (Å²) in [6.07, 6.45) is 5.95. The van der Waals surface area contributed by atoms with E-state index in [0.717, 1.165) is 43.1 Å². The molecule has 6 nitrogen and oxygen atoms in total. The van der Waals surface area contributed by atoms with Gasteiger partial charge in [0.05, 0.1) is 17.0 Å². The minimum Gasteiger partial charge on any atom is -0.338 e. The van der Waals surface area contributed by atoms with Crippen LogP contribution in [-0.4, -0.2) is 43.2 Å². The van der Waals surface area contributed by atoms with Crippen LogP contribution in [0.4, 0.5) is 0 Å². The molecule has 6 heteroatoms. The fourth-order valence-electron chi connectivity index (χ4n) is 3.37. The Balaban J connectivity index is 1.80. The third kappa shape index (κ3) is 2.65. The van der Waals surface area contributed by atoms with Crippen LogP contribution in [0.15, 0.2) is 12.4 Å². The van der Waals surface area contributed by atoms with E-state index in [1.807, 2.05) is 45.2 Å². The molecule has 22 heavy (non-hydrogen) atoms. The van der Waals surface area contributed by atoms with Gasteiger partial charge in [-0.1, -0.05) is 0 Å². The largest absolute Gasteiger partial charge is 0.338 e. The molecule has 3 heterocycles. The highest BCUT2D eigenvalue weighted by Crippen LogP contribution is 2.27. The summed E-state index contributed by atoms with van der Waals surface area (Å²) in [5.74, 6) is 1.48. The Bertz CT molecular complexity index is 699. The quantitative estimate of drug-likeness (QED) is 0.850. The molecule has 3 rings (SSSR count). The van der Waals surface area contributed by atoms with Crippen LogP contribution < -0.4 is 0 Å². The van der Waals surface area contributed by atoms with Crippen molar-refractivity contribution in [2.75, 3.05) is 13.1 Å². The van der Waals surface area contributed by atoms with Crippen molar-refractivity contribution < 1.29 is 4.79 Å². The summed E-state index contributed by atoms with van der Waals surface area (Å²) in [6.45, 7) is 5.44. The number of aromatic nitrogens is 4. The van der Waals surface area contributed by atoms with Crippen molar-refractivity contribution in [1.82, 2.24) is 24.2 Å². The lowest BCUT2D eigenvalue weighted by Crippen LogP contribution is -2.39. The molecule has 0 N–H and O–H groups in total. The second kappa shape index (κ2) is 5.59. The summed E-state index contributed by atoms with van der Waals surface area (Å²) >= 11 is 0. The average Bonchev–Trinajstić information content (AvgIpc) is 2.99. The molecule has 1 saturated heterocycles. The molecule has 0 saturated carbocycles. The van der Waals surface area contributed by atoms with Crippen LogP contribution in [-0.2, 0) is 14.1 Å². The predicted octanol–water partition coefficient (Wildman–Crippen LogP) is 1.79. The number of likely N-dealkylation sites (tertiary alicyclic amines) is 1. The summed E-state index contributed by atoms with van der Waals surface area (Å²) in [7, 11) is 3.88. The van der Waals surface area contributed by atoms with Gasteiger partial charge in [0.15, 0.2) is 0 Å². The van der Waals surface area contributed by atoms with Gasteiger partial charge in [0.2, 0.25) is 0 Å². The highest BCUT2D eigenvalue weighted by molar-refractivity contribution is 5.95. The molecule has 1 amide bonds. The van der Waals surface area contributed by atoms with Crippen LogP contribution in [0.3, 0.4) is 0 Å². The fraction of sp³-hybridized carbons (Fsp3) is 0.562. The molecule has 0 unspecified atom stereocenters. The van der Waals surface area contributed by atoms with Crippen molar-refractivity contribution >= 4 is 5.91 Å². The van der Waals surface area contributed by atoms with Gasteiger partial charge in [-0.2, -0.15) is 5.10 Å². The molecule has 0 aliphatic carbocycles. The van der Waals surface area contributed by atoms with Gasteiger partial charge in [-0.05, 0) is 26.7 Å². The normalized spacial score (nSPS) is 18.7. The zero-order valence-electron chi connectivity index (χ0n) is 13.7. The Labute approximate surface area is 130 Å². The van der Waals surface area contributed by atoms with E-state index in [1.54, 1.807) is 4.68 Å². The second-order valence-corrected chi connectivity index (χ2v) is 6.24. The van der Waals surface area contributed by atoms with Gasteiger partial charge in [-0.15, -0.1) is 0 Å². The Kier molecular flexibility index (Phi) is 3.76. The molecule has 1 atom stereocenters. The zero-order chi connectivity index (χ0) is 15.9. The maximum absolute atomic E-state index is 12.7. The Morgan fingerprint density at radius 1 is 1.27 bits per heavy atom. The van der Waals surface area contributed by atoms with Gasteiger partial charge in [-0.3, -0.25) is 9.48 Å². The molecule has 118 valence electrons. The van der Waals surface area contributed by atoms with Crippen LogP contribution in [0, 0.1) is 13.8 Å². The van der Waals surface area contributed by atoms with Gasteiger partial charge in [-0.25, -0.2) is 4.98 Å². The molecule has 2 aromatic rings. The molecule has 0 aromatic carbocycles. The number of aryl methyl sites for hydroxylation is 4. The first-order valence-corrected chi connectivity index (χ1v) is 7.75. The lowest BCUT2D eigenvalue weighted by molar-refractivity contribution is 0.0703. The van der Waals surface area contributed by atoms with Crippen molar-refractivity contribution in [1.29, 1.82) is 0 Å². The standard InChI is InChI=1S/C16H23N5O/c1-11-8-19(3)15(17-11)13-6-5-7-21(9-13)16(22)14-10-20(4)18-12(14)2/h8,10,13H,5-7,9H2,1-4H3/t13-/m1/s1. The minimum absolute atomic E-state index is 0.0845. The van der Waals surface area contributed by atoms with Crippen molar-refractivity contribution in [3.8, 4) is 0 Å². The number of hydrogen-bond acceptors (Lipinski definition) is 3. The van der Waals surface area contributed by atoms with Crippen LogP contribution >= 0.6 is 0 Å². The Morgan fingerprint density at radius 2 is 2.05 bits per heavy atom. The van der Waals surface area contributed by atoms with Gasteiger partial charge in [0.1, 0.15) is 5.82 Å².